The molecule has 12 atom stereocenters. The molecule has 6 aromatic rings. The second-order valence-electron chi connectivity index (χ2n) is 36.2. The zero-order valence-corrected chi connectivity index (χ0v) is 78.7. The first kappa shape index (κ1) is 102. The van der Waals surface area contributed by atoms with Crippen molar-refractivity contribution in [2.45, 2.75) is 206 Å². The number of hydrogen-bond acceptors (Lipinski definition) is 24. The summed E-state index contributed by atoms with van der Waals surface area (Å²) in [4.78, 5) is 192. The van der Waals surface area contributed by atoms with Gasteiger partial charge in [-0.3, -0.25) is 77.8 Å². The number of esters is 4. The van der Waals surface area contributed by atoms with Crippen LogP contribution in [-0.4, -0.2) is 179 Å². The van der Waals surface area contributed by atoms with Crippen molar-refractivity contribution >= 4 is 151 Å². The van der Waals surface area contributed by atoms with Gasteiger partial charge in [0, 0.05) is 49.7 Å². The number of nitro benzene ring substituents is 2. The fourth-order valence-corrected chi connectivity index (χ4v) is 19.4. The van der Waals surface area contributed by atoms with E-state index >= 15 is 8.78 Å². The first-order valence-electron chi connectivity index (χ1n) is 45.2. The minimum Gasteiger partial charge on any atom is -0.469 e. The number of ether oxygens (including phenoxy) is 4. The summed E-state index contributed by atoms with van der Waals surface area (Å²) in [7, 11) is 5.02. The van der Waals surface area contributed by atoms with Crippen molar-refractivity contribution < 1.29 is 95.1 Å². The molecular weight excluding hydrogens is 1780 g/mol. The number of nitrogens with zero attached hydrogens (tertiary/aromatic N) is 8. The van der Waals surface area contributed by atoms with E-state index in [1.807, 2.05) is 39.8 Å². The van der Waals surface area contributed by atoms with Crippen LogP contribution in [0.4, 0.5) is 65.7 Å². The van der Waals surface area contributed by atoms with Crippen LogP contribution in [0, 0.1) is 79.2 Å². The average molecular weight is 1900 g/mol. The van der Waals surface area contributed by atoms with Gasteiger partial charge in [0.2, 0.25) is 47.3 Å². The minimum atomic E-state index is -0.950. The van der Waals surface area contributed by atoms with E-state index in [4.69, 9.17) is 53.6 Å². The number of hydrogen-bond donors (Lipinski definition) is 6. The molecule has 720 valence electrons. The van der Waals surface area contributed by atoms with Crippen LogP contribution in [0.1, 0.15) is 205 Å². The van der Waals surface area contributed by atoms with Crippen LogP contribution in [0.2, 0.25) is 10.0 Å². The van der Waals surface area contributed by atoms with Crippen LogP contribution >= 0.6 is 23.2 Å². The molecule has 0 bridgehead atoms. The van der Waals surface area contributed by atoms with E-state index in [1.54, 1.807) is 90.9 Å². The molecule has 6 heterocycles. The van der Waals surface area contributed by atoms with E-state index in [-0.39, 0.29) is 120 Å². The lowest BCUT2D eigenvalue weighted by Gasteiger charge is -2.34. The standard InChI is InChI=1S/C48H57ClFN7O12.C48H61ClFN7O8/c1-26(2)31(24-43(58)68-5)47(62)53-19-7-9-39(53)45(60)51-35-15-11-28(21-41(35)56(64)65)37-17-18-38(55(37)30-13-14-33(49)34(50)23-30)29-12-16-36(42(22-29)57(66)67)52-46(61)40-10-8-20-54(40)48(63)32(27(3)4)25-44(59)69-6;1-26(2)31(24-43(58)64-5)47(62)55-19-7-9-41(55)45(60)53-37-15-11-28(21-35(37)51)39-17-18-40(57(39)30-13-14-33(49)34(50)23-30)29-12-16-38(36(52)22-29)54-46(61)42-10-8-20-56(42)48(63)32(27(3)4)25-44(59)65-6/h11-16,21-23,26-27,31-32,37-40H,7-10,17-20,24-25H2,1-6H3,(H,51,60)(H,52,61);11-16,21-23,26-27,31-32,39-42H,7-10,17-20,24-25,51-52H2,1-6H3,(H,53,60)(H,54,61)/t31-,32-,37+,38+,39-,40?;31-,32-,39+,40+,41-,42?/m00/s1. The Hall–Kier alpha value is -12.6. The molecule has 6 aliphatic rings. The largest absolute Gasteiger partial charge is 0.469 e. The topological polar surface area (TPSA) is 448 Å². The van der Waals surface area contributed by atoms with Crippen molar-refractivity contribution in [3.05, 3.63) is 173 Å². The van der Waals surface area contributed by atoms with E-state index < -0.39 is 140 Å². The van der Waals surface area contributed by atoms with E-state index in [0.717, 1.165) is 11.1 Å². The molecule has 8 N–H and O–H groups in total. The number of benzene rings is 6. The number of nitro groups is 2. The minimum absolute atomic E-state index is 0.0221. The van der Waals surface area contributed by atoms with E-state index in [0.29, 0.717) is 135 Å². The number of anilines is 8. The maximum atomic E-state index is 15.2. The monoisotopic (exact) mass is 1890 g/mol. The van der Waals surface area contributed by atoms with Gasteiger partial charge in [-0.1, -0.05) is 103 Å². The third-order valence-electron chi connectivity index (χ3n) is 26.6. The normalized spacial score (nSPS) is 20.2. The molecule has 0 aliphatic carbocycles. The Morgan fingerprint density at radius 2 is 0.612 bits per heavy atom. The average Bonchev–Trinajstić information content (AvgIpc) is 1.60. The van der Waals surface area contributed by atoms with Gasteiger partial charge >= 0.3 is 23.9 Å². The summed E-state index contributed by atoms with van der Waals surface area (Å²) in [5.41, 5.74) is 16.8. The molecule has 6 aromatic carbocycles. The Morgan fingerprint density at radius 3 is 0.836 bits per heavy atom. The maximum Gasteiger partial charge on any atom is 0.306 e. The molecule has 6 fully saturated rings. The zero-order chi connectivity index (χ0) is 97.7. The highest BCUT2D eigenvalue weighted by atomic mass is 35.5. The van der Waals surface area contributed by atoms with E-state index in [2.05, 4.69) is 26.2 Å². The molecule has 8 amide bonds. The molecule has 6 saturated heterocycles. The summed E-state index contributed by atoms with van der Waals surface area (Å²) in [6.45, 7) is 15.9. The summed E-state index contributed by atoms with van der Waals surface area (Å²) in [6, 6.07) is 22.8. The molecule has 0 aromatic heterocycles. The van der Waals surface area contributed by atoms with Crippen LogP contribution in [0.5, 0.6) is 0 Å². The number of carbonyl (C=O) groups excluding carboxylic acids is 12. The fourth-order valence-electron chi connectivity index (χ4n) is 19.2. The predicted molar refractivity (Wildman–Crippen MR) is 498 cm³/mol. The van der Waals surface area contributed by atoms with Gasteiger partial charge in [0.25, 0.3) is 11.4 Å². The number of amides is 8. The second kappa shape index (κ2) is 45.0. The molecule has 2 unspecified atom stereocenters. The zero-order valence-electron chi connectivity index (χ0n) is 77.2. The van der Waals surface area contributed by atoms with Gasteiger partial charge in [0.05, 0.1) is 145 Å². The van der Waals surface area contributed by atoms with Crippen molar-refractivity contribution in [3.63, 3.8) is 0 Å². The Morgan fingerprint density at radius 1 is 0.373 bits per heavy atom. The number of rotatable bonds is 32. The van der Waals surface area contributed by atoms with Gasteiger partial charge < -0.3 is 81.1 Å². The first-order chi connectivity index (χ1) is 63.7. The number of likely N-dealkylation sites (tertiary alicyclic amines) is 4. The molecule has 6 aliphatic heterocycles. The van der Waals surface area contributed by atoms with Gasteiger partial charge in [-0.25, -0.2) is 8.78 Å². The van der Waals surface area contributed by atoms with E-state index in [9.17, 15) is 77.8 Å². The maximum absolute atomic E-state index is 15.2. The summed E-state index contributed by atoms with van der Waals surface area (Å²) >= 11 is 12.2. The lowest BCUT2D eigenvalue weighted by Crippen LogP contribution is -2.47. The number of halogens is 4. The van der Waals surface area contributed by atoms with Gasteiger partial charge in [0.1, 0.15) is 47.2 Å². The molecule has 0 radical (unpaired) electrons. The van der Waals surface area contributed by atoms with Crippen molar-refractivity contribution in [1.29, 1.82) is 0 Å². The summed E-state index contributed by atoms with van der Waals surface area (Å²) in [5, 5.41) is 36.3. The molecule has 12 rings (SSSR count). The number of methoxy groups -OCH3 is 4. The molecular formula is C96H118Cl2F2N14O20. The lowest BCUT2D eigenvalue weighted by molar-refractivity contribution is -0.384. The van der Waals surface area contributed by atoms with Crippen molar-refractivity contribution in [1.82, 2.24) is 19.6 Å². The number of nitrogens with two attached hydrogens (primary N) is 2. The van der Waals surface area contributed by atoms with Gasteiger partial charge in [-0.2, -0.15) is 0 Å². The van der Waals surface area contributed by atoms with Crippen molar-refractivity contribution in [2.75, 3.05) is 97.2 Å². The molecule has 38 heteroatoms. The van der Waals surface area contributed by atoms with Crippen LogP contribution in [-0.2, 0) is 76.5 Å². The lowest BCUT2D eigenvalue weighted by atomic mass is 9.90. The number of nitrogens with one attached hydrogen (secondary N) is 4. The summed E-state index contributed by atoms with van der Waals surface area (Å²) in [5.74, 6) is -10.3. The van der Waals surface area contributed by atoms with Crippen LogP contribution in [0.25, 0.3) is 0 Å². The third-order valence-corrected chi connectivity index (χ3v) is 27.2. The smallest absolute Gasteiger partial charge is 0.306 e. The summed E-state index contributed by atoms with van der Waals surface area (Å²) < 4.78 is 49.5. The quantitative estimate of drug-likeness (QED) is 0.00751. The van der Waals surface area contributed by atoms with Crippen molar-refractivity contribution in [2.24, 2.45) is 47.3 Å². The van der Waals surface area contributed by atoms with Crippen molar-refractivity contribution in [3.8, 4) is 0 Å². The predicted octanol–water partition coefficient (Wildman–Crippen LogP) is 15.2. The summed E-state index contributed by atoms with van der Waals surface area (Å²) in [6.07, 6.45) is 5.26. The van der Waals surface area contributed by atoms with Crippen LogP contribution in [0.3, 0.4) is 0 Å². The second-order valence-corrected chi connectivity index (χ2v) is 37.0. The molecule has 0 saturated carbocycles. The SMILES string of the molecule is COC(=O)C[C@H](C(=O)N1CCCC1C(=O)Nc1ccc([C@H]2CC[C@H](c3ccc(NC(=O)[C@@H]4CCCN4C(=O)[C@@H](CC(=O)OC)C(C)C)c(N)c3)N2c2ccc(Cl)c(F)c2)cc1N)C(C)C.COC(=O)C[C@H](C(=O)N1CCCC1C(=O)Nc1ccc([C@H]2CC[C@H](c3ccc(NC(=O)[C@@H]4CCCN4C(=O)[C@@H](CC(=O)OC)C(C)C)c([N+](=O)[O-])c3)N2c2ccc(Cl)c(F)c2)cc1[N+](=O)[O-])C(C)C. The van der Waals surface area contributed by atoms with Gasteiger partial charge in [-0.15, -0.1) is 0 Å². The molecule has 0 spiro atoms. The highest BCUT2D eigenvalue weighted by Gasteiger charge is 2.47. The highest BCUT2D eigenvalue weighted by molar-refractivity contribution is 6.31. The highest BCUT2D eigenvalue weighted by Crippen LogP contribution is 2.52. The Balaban J connectivity index is 0.000000258. The van der Waals surface area contributed by atoms with Gasteiger partial charge in [0.15, 0.2) is 0 Å². The van der Waals surface area contributed by atoms with Crippen LogP contribution in [0.15, 0.2) is 109 Å². The van der Waals surface area contributed by atoms with Crippen LogP contribution < -0.4 is 42.5 Å². The Labute approximate surface area is 786 Å². The van der Waals surface area contributed by atoms with E-state index in [1.165, 1.54) is 86.8 Å². The Kier molecular flexibility index (Phi) is 34.2. The molecule has 134 heavy (non-hydrogen) atoms. The number of nitrogen functional groups attached to an aromatic ring is 2. The third kappa shape index (κ3) is 23.4. The molecule has 34 nitrogen and oxygen atoms in total. The fraction of sp³-hybridized carbons (Fsp3) is 0.500. The Bertz CT molecular complexity index is 5180. The number of carbonyl (C=O) groups is 12. The first-order valence-corrected chi connectivity index (χ1v) is 46.0. The van der Waals surface area contributed by atoms with Gasteiger partial charge in [-0.05, 0) is 196 Å².